The third-order valence-electron chi connectivity index (χ3n) is 2.53. The predicted molar refractivity (Wildman–Crippen MR) is 52.2 cm³/mol. The molecule has 16 heavy (non-hydrogen) atoms. The van der Waals surface area contributed by atoms with Gasteiger partial charge in [-0.1, -0.05) is 0 Å². The van der Waals surface area contributed by atoms with Crippen molar-refractivity contribution in [3.05, 3.63) is 29.8 Å². The topological polar surface area (TPSA) is 38.7 Å². The molecule has 1 aliphatic heterocycles. The minimum absolute atomic E-state index is 0.0647. The van der Waals surface area contributed by atoms with E-state index in [1.165, 1.54) is 0 Å². The summed E-state index contributed by atoms with van der Waals surface area (Å²) in [7, 11) is 0. The summed E-state index contributed by atoms with van der Waals surface area (Å²) in [5, 5.41) is 9.12. The minimum Gasteiger partial charge on any atom is -0.493 e. The molecule has 0 aromatic heterocycles. The van der Waals surface area contributed by atoms with Crippen LogP contribution in [0.5, 0.6) is 5.75 Å². The van der Waals surface area contributed by atoms with Gasteiger partial charge in [0.1, 0.15) is 24.0 Å². The summed E-state index contributed by atoms with van der Waals surface area (Å²) in [6, 6.07) is 2.99. The summed E-state index contributed by atoms with van der Waals surface area (Å²) in [6.45, 7) is 0.930. The summed E-state index contributed by atoms with van der Waals surface area (Å²) in [5.41, 5.74) is -0.428. The van der Waals surface area contributed by atoms with Crippen LogP contribution in [0.25, 0.3) is 0 Å². The quantitative estimate of drug-likeness (QED) is 0.848. The van der Waals surface area contributed by atoms with Crippen molar-refractivity contribution in [2.24, 2.45) is 5.41 Å². The van der Waals surface area contributed by atoms with Crippen LogP contribution in [0.1, 0.15) is 0 Å². The molecule has 2 rings (SSSR count). The van der Waals surface area contributed by atoms with E-state index in [2.05, 4.69) is 0 Å². The fraction of sp³-hybridized carbons (Fsp3) is 0.455. The van der Waals surface area contributed by atoms with Crippen LogP contribution in [-0.2, 0) is 4.74 Å². The fourth-order valence-corrected chi connectivity index (χ4v) is 1.46. The van der Waals surface area contributed by atoms with Gasteiger partial charge in [0.15, 0.2) is 0 Å². The SMILES string of the molecule is OCC1(COc2cc(F)cc(F)c2)COC1. The number of ether oxygens (including phenoxy) is 2. The zero-order chi connectivity index (χ0) is 11.6. The average Bonchev–Trinajstić information content (AvgIpc) is 2.15. The lowest BCUT2D eigenvalue weighted by molar-refractivity contribution is -0.153. The van der Waals surface area contributed by atoms with Crippen molar-refractivity contribution in [1.82, 2.24) is 0 Å². The maximum absolute atomic E-state index is 12.8. The van der Waals surface area contributed by atoms with Crippen LogP contribution >= 0.6 is 0 Å². The third-order valence-corrected chi connectivity index (χ3v) is 2.53. The smallest absolute Gasteiger partial charge is 0.129 e. The number of halogens is 2. The number of hydrogen-bond acceptors (Lipinski definition) is 3. The van der Waals surface area contributed by atoms with Gasteiger partial charge in [0.25, 0.3) is 0 Å². The molecule has 0 unspecified atom stereocenters. The molecule has 0 radical (unpaired) electrons. The Kier molecular flexibility index (Phi) is 3.07. The van der Waals surface area contributed by atoms with Crippen LogP contribution in [0, 0.1) is 17.0 Å². The Bertz CT molecular complexity index is 352. The third kappa shape index (κ3) is 2.31. The molecule has 0 aliphatic carbocycles. The van der Waals surface area contributed by atoms with Crippen LogP contribution in [0.2, 0.25) is 0 Å². The van der Waals surface area contributed by atoms with Gasteiger partial charge in [0.2, 0.25) is 0 Å². The van der Waals surface area contributed by atoms with E-state index in [4.69, 9.17) is 14.6 Å². The number of hydrogen-bond donors (Lipinski definition) is 1. The van der Waals surface area contributed by atoms with E-state index >= 15 is 0 Å². The van der Waals surface area contributed by atoms with E-state index in [1.807, 2.05) is 0 Å². The lowest BCUT2D eigenvalue weighted by atomic mass is 9.88. The average molecular weight is 230 g/mol. The van der Waals surface area contributed by atoms with E-state index in [0.29, 0.717) is 13.2 Å². The lowest BCUT2D eigenvalue weighted by Crippen LogP contribution is -2.49. The van der Waals surface area contributed by atoms with E-state index in [9.17, 15) is 8.78 Å². The van der Waals surface area contributed by atoms with Crippen LogP contribution in [0.4, 0.5) is 8.78 Å². The summed E-state index contributed by atoms with van der Waals surface area (Å²) in [6.07, 6.45) is 0. The van der Waals surface area contributed by atoms with Crippen molar-refractivity contribution in [2.75, 3.05) is 26.4 Å². The molecular weight excluding hydrogens is 218 g/mol. The molecule has 0 amide bonds. The van der Waals surface area contributed by atoms with E-state index in [1.54, 1.807) is 0 Å². The van der Waals surface area contributed by atoms with Crippen LogP contribution in [0.3, 0.4) is 0 Å². The molecule has 0 bridgehead atoms. The molecule has 0 spiro atoms. The van der Waals surface area contributed by atoms with Crippen LogP contribution in [-0.4, -0.2) is 31.5 Å². The Morgan fingerprint density at radius 3 is 2.31 bits per heavy atom. The van der Waals surface area contributed by atoms with Gasteiger partial charge in [-0.2, -0.15) is 0 Å². The molecule has 3 nitrogen and oxygen atoms in total. The first-order valence-electron chi connectivity index (χ1n) is 4.91. The first-order chi connectivity index (χ1) is 7.63. The van der Waals surface area contributed by atoms with E-state index in [0.717, 1.165) is 18.2 Å². The van der Waals surface area contributed by atoms with Gasteiger partial charge in [-0.15, -0.1) is 0 Å². The summed E-state index contributed by atoms with van der Waals surface area (Å²) in [5.74, 6) is -1.24. The van der Waals surface area contributed by atoms with Gasteiger partial charge in [-0.25, -0.2) is 8.78 Å². The second kappa shape index (κ2) is 4.35. The molecule has 1 aliphatic rings. The van der Waals surface area contributed by atoms with Crippen molar-refractivity contribution in [3.63, 3.8) is 0 Å². The standard InChI is InChI=1S/C11H12F2O3/c12-8-1-9(13)3-10(2-8)16-7-11(4-14)5-15-6-11/h1-3,14H,4-7H2. The fourth-order valence-electron chi connectivity index (χ4n) is 1.46. The van der Waals surface area contributed by atoms with Gasteiger partial charge in [-0.3, -0.25) is 0 Å². The van der Waals surface area contributed by atoms with Gasteiger partial charge in [0.05, 0.1) is 25.2 Å². The maximum Gasteiger partial charge on any atom is 0.129 e. The van der Waals surface area contributed by atoms with Crippen LogP contribution < -0.4 is 4.74 Å². The molecule has 88 valence electrons. The molecular formula is C11H12F2O3. The minimum atomic E-state index is -0.682. The Morgan fingerprint density at radius 2 is 1.88 bits per heavy atom. The molecule has 1 fully saturated rings. The first-order valence-corrected chi connectivity index (χ1v) is 4.91. The maximum atomic E-state index is 12.8. The highest BCUT2D eigenvalue weighted by molar-refractivity contribution is 5.23. The number of benzene rings is 1. The second-order valence-electron chi connectivity index (χ2n) is 4.04. The highest BCUT2D eigenvalue weighted by Crippen LogP contribution is 2.28. The van der Waals surface area contributed by atoms with Crippen LogP contribution in [0.15, 0.2) is 18.2 Å². The lowest BCUT2D eigenvalue weighted by Gasteiger charge is -2.39. The normalized spacial score (nSPS) is 17.9. The molecule has 1 heterocycles. The number of aliphatic hydroxyl groups excluding tert-OH is 1. The van der Waals surface area contributed by atoms with Gasteiger partial charge in [0, 0.05) is 18.2 Å². The Labute approximate surface area is 91.6 Å². The first kappa shape index (κ1) is 11.3. The van der Waals surface area contributed by atoms with Crippen molar-refractivity contribution < 1.29 is 23.4 Å². The van der Waals surface area contributed by atoms with Gasteiger partial charge >= 0.3 is 0 Å². The van der Waals surface area contributed by atoms with Crippen molar-refractivity contribution >= 4 is 0 Å². The van der Waals surface area contributed by atoms with Crippen molar-refractivity contribution in [1.29, 1.82) is 0 Å². The number of rotatable bonds is 4. The molecule has 0 atom stereocenters. The molecule has 1 N–H and O–H groups in total. The molecule has 1 aromatic carbocycles. The highest BCUT2D eigenvalue weighted by Gasteiger charge is 2.39. The van der Waals surface area contributed by atoms with E-state index < -0.39 is 17.0 Å². The molecule has 0 saturated carbocycles. The Morgan fingerprint density at radius 1 is 1.25 bits per heavy atom. The van der Waals surface area contributed by atoms with E-state index in [-0.39, 0.29) is 19.0 Å². The van der Waals surface area contributed by atoms with Gasteiger partial charge < -0.3 is 14.6 Å². The summed E-state index contributed by atoms with van der Waals surface area (Å²) >= 11 is 0. The zero-order valence-corrected chi connectivity index (χ0v) is 8.58. The van der Waals surface area contributed by atoms with Crippen molar-refractivity contribution in [3.8, 4) is 5.75 Å². The molecule has 1 saturated heterocycles. The largest absolute Gasteiger partial charge is 0.493 e. The highest BCUT2D eigenvalue weighted by atomic mass is 19.1. The molecule has 5 heteroatoms. The number of aliphatic hydroxyl groups is 1. The Hall–Kier alpha value is -1.20. The molecule has 1 aromatic rings. The monoisotopic (exact) mass is 230 g/mol. The second-order valence-corrected chi connectivity index (χ2v) is 4.04. The summed E-state index contributed by atoms with van der Waals surface area (Å²) < 4.78 is 35.9. The predicted octanol–water partition coefficient (Wildman–Crippen LogP) is 1.35. The van der Waals surface area contributed by atoms with Gasteiger partial charge in [-0.05, 0) is 0 Å². The zero-order valence-electron chi connectivity index (χ0n) is 8.58. The van der Waals surface area contributed by atoms with Crippen molar-refractivity contribution in [2.45, 2.75) is 0 Å². The summed E-state index contributed by atoms with van der Waals surface area (Å²) in [4.78, 5) is 0. The Balaban J connectivity index is 1.98.